The summed E-state index contributed by atoms with van der Waals surface area (Å²) in [5.74, 6) is -1.06. The van der Waals surface area contributed by atoms with Gasteiger partial charge in [-0.3, -0.25) is 9.59 Å². The Balaban J connectivity index is 2.02. The van der Waals surface area contributed by atoms with Gasteiger partial charge in [0.15, 0.2) is 5.78 Å². The van der Waals surface area contributed by atoms with Crippen LogP contribution in [0.25, 0.3) is 5.57 Å². The molecule has 1 aromatic heterocycles. The predicted molar refractivity (Wildman–Crippen MR) is 90.4 cm³/mol. The first-order valence-corrected chi connectivity index (χ1v) is 8.11. The van der Waals surface area contributed by atoms with E-state index in [9.17, 15) is 9.59 Å². The van der Waals surface area contributed by atoms with Gasteiger partial charge in [0, 0.05) is 5.92 Å². The third-order valence-corrected chi connectivity index (χ3v) is 4.31. The molecule has 1 aliphatic rings. The lowest BCUT2D eigenvalue weighted by atomic mass is 9.74. The quantitative estimate of drug-likeness (QED) is 0.632. The zero-order valence-electron chi connectivity index (χ0n) is 13.8. The highest BCUT2D eigenvalue weighted by Crippen LogP contribution is 2.40. The van der Waals surface area contributed by atoms with Crippen LogP contribution in [0, 0.1) is 12.8 Å². The molecule has 2 atom stereocenters. The van der Waals surface area contributed by atoms with Crippen LogP contribution in [0.15, 0.2) is 53.2 Å². The van der Waals surface area contributed by atoms with E-state index in [1.165, 1.54) is 6.08 Å². The van der Waals surface area contributed by atoms with E-state index < -0.39 is 11.9 Å². The van der Waals surface area contributed by atoms with Gasteiger partial charge in [-0.05, 0) is 49.6 Å². The second kappa shape index (κ2) is 6.87. The molecule has 2 aromatic rings. The molecule has 4 nitrogen and oxygen atoms in total. The maximum Gasteiger partial charge on any atom is 0.317 e. The molecule has 0 saturated carbocycles. The standard InChI is InChI=1S/C20H20O4/c1-3-23-20(22)19-16(14-7-4-6-13(2)10-14)11-15(12-17(19)21)18-8-5-9-24-18/h4-10,12,16,19H,3,11H2,1-2H3. The number of furan rings is 1. The summed E-state index contributed by atoms with van der Waals surface area (Å²) in [6.45, 7) is 4.01. The van der Waals surface area contributed by atoms with E-state index in [4.69, 9.17) is 9.15 Å². The second-order valence-electron chi connectivity index (χ2n) is 6.00. The fourth-order valence-electron chi connectivity index (χ4n) is 3.23. The predicted octanol–water partition coefficient (Wildman–Crippen LogP) is 3.91. The molecule has 1 heterocycles. The van der Waals surface area contributed by atoms with Crippen molar-refractivity contribution in [3.8, 4) is 0 Å². The number of rotatable bonds is 4. The van der Waals surface area contributed by atoms with Gasteiger partial charge in [-0.25, -0.2) is 0 Å². The highest BCUT2D eigenvalue weighted by molar-refractivity contribution is 6.10. The molecule has 0 fully saturated rings. The number of benzene rings is 1. The van der Waals surface area contributed by atoms with Crippen LogP contribution < -0.4 is 0 Å². The highest BCUT2D eigenvalue weighted by Gasteiger charge is 2.40. The molecule has 0 N–H and O–H groups in total. The Bertz CT molecular complexity index is 771. The molecule has 4 heteroatoms. The lowest BCUT2D eigenvalue weighted by molar-refractivity contribution is -0.151. The van der Waals surface area contributed by atoms with Gasteiger partial charge in [0.1, 0.15) is 11.7 Å². The smallest absolute Gasteiger partial charge is 0.317 e. The molecular formula is C20H20O4. The van der Waals surface area contributed by atoms with Gasteiger partial charge in [0.25, 0.3) is 0 Å². The maximum absolute atomic E-state index is 12.7. The Hall–Kier alpha value is -2.62. The fraction of sp³-hybridized carbons (Fsp3) is 0.300. The average molecular weight is 324 g/mol. The van der Waals surface area contributed by atoms with Crippen LogP contribution in [0.1, 0.15) is 36.1 Å². The van der Waals surface area contributed by atoms with Crippen molar-refractivity contribution < 1.29 is 18.7 Å². The number of hydrogen-bond donors (Lipinski definition) is 0. The molecule has 0 radical (unpaired) electrons. The molecule has 0 spiro atoms. The van der Waals surface area contributed by atoms with E-state index in [1.54, 1.807) is 19.3 Å². The number of aryl methyl sites for hydroxylation is 1. The number of carbonyl (C=O) groups is 2. The molecule has 24 heavy (non-hydrogen) atoms. The molecule has 1 aliphatic carbocycles. The highest BCUT2D eigenvalue weighted by atomic mass is 16.5. The lowest BCUT2D eigenvalue weighted by Gasteiger charge is -2.29. The van der Waals surface area contributed by atoms with E-state index >= 15 is 0 Å². The van der Waals surface area contributed by atoms with Gasteiger partial charge < -0.3 is 9.15 Å². The third-order valence-electron chi connectivity index (χ3n) is 4.31. The number of hydrogen-bond acceptors (Lipinski definition) is 4. The van der Waals surface area contributed by atoms with Crippen molar-refractivity contribution in [3.63, 3.8) is 0 Å². The second-order valence-corrected chi connectivity index (χ2v) is 6.00. The van der Waals surface area contributed by atoms with Gasteiger partial charge >= 0.3 is 5.97 Å². The van der Waals surface area contributed by atoms with E-state index in [-0.39, 0.29) is 18.3 Å². The summed E-state index contributed by atoms with van der Waals surface area (Å²) in [5.41, 5.74) is 2.88. The maximum atomic E-state index is 12.7. The number of ketones is 1. The van der Waals surface area contributed by atoms with Gasteiger partial charge in [0.2, 0.25) is 0 Å². The zero-order valence-corrected chi connectivity index (χ0v) is 13.8. The molecule has 124 valence electrons. The molecule has 3 rings (SSSR count). The van der Waals surface area contributed by atoms with Crippen molar-refractivity contribution in [1.82, 2.24) is 0 Å². The summed E-state index contributed by atoms with van der Waals surface area (Å²) in [7, 11) is 0. The molecule has 0 saturated heterocycles. The van der Waals surface area contributed by atoms with E-state index in [0.717, 1.165) is 16.7 Å². The van der Waals surface area contributed by atoms with Crippen LogP contribution in [0.5, 0.6) is 0 Å². The number of ether oxygens (including phenoxy) is 1. The summed E-state index contributed by atoms with van der Waals surface area (Å²) in [6.07, 6.45) is 3.67. The molecular weight excluding hydrogens is 304 g/mol. The molecule has 2 unspecified atom stereocenters. The Morgan fingerprint density at radius 3 is 2.79 bits per heavy atom. The Morgan fingerprint density at radius 1 is 1.29 bits per heavy atom. The normalized spacial score (nSPS) is 20.6. The van der Waals surface area contributed by atoms with E-state index in [0.29, 0.717) is 12.2 Å². The number of esters is 1. The van der Waals surface area contributed by atoms with E-state index in [1.807, 2.05) is 37.3 Å². The van der Waals surface area contributed by atoms with Crippen molar-refractivity contribution in [2.75, 3.05) is 6.61 Å². The largest absolute Gasteiger partial charge is 0.465 e. The monoisotopic (exact) mass is 324 g/mol. The topological polar surface area (TPSA) is 56.5 Å². The van der Waals surface area contributed by atoms with Crippen LogP contribution in [0.4, 0.5) is 0 Å². The van der Waals surface area contributed by atoms with Crippen molar-refractivity contribution >= 4 is 17.3 Å². The minimum absolute atomic E-state index is 0.224. The van der Waals surface area contributed by atoms with Crippen molar-refractivity contribution in [3.05, 3.63) is 65.6 Å². The fourth-order valence-corrected chi connectivity index (χ4v) is 3.23. The average Bonchev–Trinajstić information content (AvgIpc) is 3.08. The van der Waals surface area contributed by atoms with Gasteiger partial charge in [0.05, 0.1) is 12.9 Å². The first kappa shape index (κ1) is 16.2. The Kier molecular flexibility index (Phi) is 4.65. The van der Waals surface area contributed by atoms with Crippen LogP contribution >= 0.6 is 0 Å². The Labute approximate surface area is 141 Å². The first-order valence-electron chi connectivity index (χ1n) is 8.11. The third kappa shape index (κ3) is 3.18. The molecule has 0 amide bonds. The van der Waals surface area contributed by atoms with Crippen molar-refractivity contribution in [2.24, 2.45) is 5.92 Å². The summed E-state index contributed by atoms with van der Waals surface area (Å²) in [6, 6.07) is 11.5. The van der Waals surface area contributed by atoms with Crippen LogP contribution in [0.3, 0.4) is 0 Å². The van der Waals surface area contributed by atoms with Gasteiger partial charge in [-0.15, -0.1) is 0 Å². The van der Waals surface area contributed by atoms with Crippen LogP contribution in [-0.2, 0) is 14.3 Å². The van der Waals surface area contributed by atoms with Gasteiger partial charge in [-0.2, -0.15) is 0 Å². The number of carbonyl (C=O) groups excluding carboxylic acids is 2. The van der Waals surface area contributed by atoms with Crippen molar-refractivity contribution in [1.29, 1.82) is 0 Å². The van der Waals surface area contributed by atoms with Crippen LogP contribution in [0.2, 0.25) is 0 Å². The SMILES string of the molecule is CCOC(=O)C1C(=O)C=C(c2ccco2)CC1c1cccc(C)c1. The Morgan fingerprint density at radius 2 is 2.12 bits per heavy atom. The van der Waals surface area contributed by atoms with Crippen LogP contribution in [-0.4, -0.2) is 18.4 Å². The minimum Gasteiger partial charge on any atom is -0.465 e. The van der Waals surface area contributed by atoms with Gasteiger partial charge in [-0.1, -0.05) is 29.8 Å². The summed E-state index contributed by atoms with van der Waals surface area (Å²) in [5, 5.41) is 0. The zero-order chi connectivity index (χ0) is 17.1. The molecule has 0 aliphatic heterocycles. The number of allylic oxidation sites excluding steroid dienone is 2. The first-order chi connectivity index (χ1) is 11.6. The summed E-state index contributed by atoms with van der Waals surface area (Å²) in [4.78, 5) is 25.0. The summed E-state index contributed by atoms with van der Waals surface area (Å²) >= 11 is 0. The minimum atomic E-state index is -0.800. The summed E-state index contributed by atoms with van der Waals surface area (Å²) < 4.78 is 10.6. The molecule has 1 aromatic carbocycles. The van der Waals surface area contributed by atoms with Crippen molar-refractivity contribution in [2.45, 2.75) is 26.2 Å². The lowest BCUT2D eigenvalue weighted by Crippen LogP contribution is -2.34. The molecule has 0 bridgehead atoms. The van der Waals surface area contributed by atoms with E-state index in [2.05, 4.69) is 0 Å².